The van der Waals surface area contributed by atoms with Gasteiger partial charge in [0.25, 0.3) is 0 Å². The molecule has 0 bridgehead atoms. The standard InChI is InChI=1S/C12H15N3O2/c1-2-7-3-11(16)15(12(7)17)10-5-8(13)4-9(14)6-10/h4-7H,2-3,13-14H2,1H3. The van der Waals surface area contributed by atoms with E-state index in [4.69, 9.17) is 11.5 Å². The predicted molar refractivity (Wildman–Crippen MR) is 66.2 cm³/mol. The molecule has 90 valence electrons. The Hall–Kier alpha value is -2.04. The highest BCUT2D eigenvalue weighted by Crippen LogP contribution is 2.30. The molecule has 5 heteroatoms. The Labute approximate surface area is 99.4 Å². The summed E-state index contributed by atoms with van der Waals surface area (Å²) in [5.41, 5.74) is 12.7. The maximum absolute atomic E-state index is 12.0. The summed E-state index contributed by atoms with van der Waals surface area (Å²) >= 11 is 0. The van der Waals surface area contributed by atoms with Crippen LogP contribution in [0, 0.1) is 5.92 Å². The van der Waals surface area contributed by atoms with Crippen molar-refractivity contribution < 1.29 is 9.59 Å². The number of hydrogen-bond donors (Lipinski definition) is 2. The molecular formula is C12H15N3O2. The van der Waals surface area contributed by atoms with Gasteiger partial charge in [0.05, 0.1) is 5.69 Å². The molecule has 1 heterocycles. The molecule has 1 fully saturated rings. The molecule has 1 aliphatic heterocycles. The average Bonchev–Trinajstić information content (AvgIpc) is 2.52. The van der Waals surface area contributed by atoms with Crippen LogP contribution in [0.25, 0.3) is 0 Å². The fourth-order valence-electron chi connectivity index (χ4n) is 2.07. The van der Waals surface area contributed by atoms with Crippen LogP contribution < -0.4 is 16.4 Å². The van der Waals surface area contributed by atoms with Crippen molar-refractivity contribution in [2.75, 3.05) is 16.4 Å². The zero-order valence-corrected chi connectivity index (χ0v) is 9.64. The van der Waals surface area contributed by atoms with Crippen LogP contribution in [0.4, 0.5) is 17.1 Å². The molecule has 0 aliphatic carbocycles. The number of hydrogen-bond acceptors (Lipinski definition) is 4. The van der Waals surface area contributed by atoms with E-state index in [9.17, 15) is 9.59 Å². The number of anilines is 3. The van der Waals surface area contributed by atoms with Gasteiger partial charge in [-0.1, -0.05) is 6.92 Å². The second-order valence-electron chi connectivity index (χ2n) is 4.23. The summed E-state index contributed by atoms with van der Waals surface area (Å²) in [6.45, 7) is 1.90. The fraction of sp³-hybridized carbons (Fsp3) is 0.333. The second-order valence-corrected chi connectivity index (χ2v) is 4.23. The summed E-state index contributed by atoms with van der Waals surface area (Å²) in [7, 11) is 0. The lowest BCUT2D eigenvalue weighted by Crippen LogP contribution is -2.30. The van der Waals surface area contributed by atoms with E-state index in [1.54, 1.807) is 18.2 Å². The first-order valence-corrected chi connectivity index (χ1v) is 5.55. The largest absolute Gasteiger partial charge is 0.399 e. The molecule has 1 unspecified atom stereocenters. The van der Waals surface area contributed by atoms with Gasteiger partial charge in [0.15, 0.2) is 0 Å². The number of benzene rings is 1. The molecule has 4 N–H and O–H groups in total. The minimum absolute atomic E-state index is 0.164. The molecule has 1 aromatic carbocycles. The first kappa shape index (κ1) is 11.4. The van der Waals surface area contributed by atoms with Crippen molar-refractivity contribution in [3.63, 3.8) is 0 Å². The van der Waals surface area contributed by atoms with Crippen molar-refractivity contribution in [3.05, 3.63) is 18.2 Å². The predicted octanol–water partition coefficient (Wildman–Crippen LogP) is 1.14. The summed E-state index contributed by atoms with van der Waals surface area (Å²) in [6, 6.07) is 4.76. The summed E-state index contributed by atoms with van der Waals surface area (Å²) in [5, 5.41) is 0. The molecule has 2 rings (SSSR count). The van der Waals surface area contributed by atoms with Crippen LogP contribution in [-0.4, -0.2) is 11.8 Å². The van der Waals surface area contributed by atoms with Gasteiger partial charge < -0.3 is 11.5 Å². The van der Waals surface area contributed by atoms with Gasteiger partial charge in [-0.2, -0.15) is 0 Å². The van der Waals surface area contributed by atoms with Crippen molar-refractivity contribution in [2.24, 2.45) is 5.92 Å². The smallest absolute Gasteiger partial charge is 0.237 e. The van der Waals surface area contributed by atoms with Crippen LogP contribution in [-0.2, 0) is 9.59 Å². The average molecular weight is 233 g/mol. The van der Waals surface area contributed by atoms with Gasteiger partial charge in [-0.05, 0) is 24.6 Å². The third-order valence-electron chi connectivity index (χ3n) is 2.95. The van der Waals surface area contributed by atoms with E-state index in [2.05, 4.69) is 0 Å². The highest BCUT2D eigenvalue weighted by atomic mass is 16.2. The second kappa shape index (κ2) is 4.08. The molecule has 1 saturated heterocycles. The van der Waals surface area contributed by atoms with Gasteiger partial charge >= 0.3 is 0 Å². The minimum Gasteiger partial charge on any atom is -0.399 e. The molecule has 0 radical (unpaired) electrons. The van der Waals surface area contributed by atoms with Crippen molar-refractivity contribution >= 4 is 28.9 Å². The van der Waals surface area contributed by atoms with Crippen LogP contribution in [0.3, 0.4) is 0 Å². The van der Waals surface area contributed by atoms with Crippen LogP contribution in [0.2, 0.25) is 0 Å². The van der Waals surface area contributed by atoms with Gasteiger partial charge in [0.1, 0.15) is 0 Å². The number of carbonyl (C=O) groups is 2. The van der Waals surface area contributed by atoms with E-state index in [0.717, 1.165) is 0 Å². The van der Waals surface area contributed by atoms with Crippen LogP contribution in [0.1, 0.15) is 19.8 Å². The van der Waals surface area contributed by atoms with Gasteiger partial charge in [0.2, 0.25) is 11.8 Å². The zero-order chi connectivity index (χ0) is 12.6. The van der Waals surface area contributed by atoms with Crippen molar-refractivity contribution in [1.82, 2.24) is 0 Å². The molecule has 0 saturated carbocycles. The third-order valence-corrected chi connectivity index (χ3v) is 2.95. The maximum atomic E-state index is 12.0. The number of nitrogen functional groups attached to an aromatic ring is 2. The van der Waals surface area contributed by atoms with E-state index in [1.165, 1.54) is 4.90 Å². The molecule has 0 spiro atoms. The zero-order valence-electron chi connectivity index (χ0n) is 9.64. The normalized spacial score (nSPS) is 20.1. The van der Waals surface area contributed by atoms with Gasteiger partial charge in [0, 0.05) is 23.7 Å². The molecule has 17 heavy (non-hydrogen) atoms. The van der Waals surface area contributed by atoms with E-state index >= 15 is 0 Å². The number of nitrogens with two attached hydrogens (primary N) is 2. The molecule has 1 atom stereocenters. The summed E-state index contributed by atoms with van der Waals surface area (Å²) < 4.78 is 0. The van der Waals surface area contributed by atoms with E-state index in [0.29, 0.717) is 23.5 Å². The Morgan fingerprint density at radius 2 is 1.82 bits per heavy atom. The molecule has 1 aliphatic rings. The number of imide groups is 1. The Kier molecular flexibility index (Phi) is 2.75. The topological polar surface area (TPSA) is 89.4 Å². The van der Waals surface area contributed by atoms with Gasteiger partial charge in [-0.15, -0.1) is 0 Å². The lowest BCUT2D eigenvalue weighted by Gasteiger charge is -2.15. The first-order chi connectivity index (χ1) is 8.02. The van der Waals surface area contributed by atoms with Crippen molar-refractivity contribution in [2.45, 2.75) is 19.8 Å². The Morgan fingerprint density at radius 3 is 2.29 bits per heavy atom. The Balaban J connectivity index is 2.39. The van der Waals surface area contributed by atoms with Gasteiger partial charge in [-0.3, -0.25) is 14.5 Å². The molecule has 5 nitrogen and oxygen atoms in total. The molecule has 2 amide bonds. The highest BCUT2D eigenvalue weighted by molar-refractivity contribution is 6.21. The third kappa shape index (κ3) is 1.95. The van der Waals surface area contributed by atoms with Crippen molar-refractivity contribution in [1.29, 1.82) is 0 Å². The summed E-state index contributed by atoms with van der Waals surface area (Å²) in [5.74, 6) is -0.570. The van der Waals surface area contributed by atoms with Crippen LogP contribution in [0.15, 0.2) is 18.2 Å². The quantitative estimate of drug-likeness (QED) is 0.592. The Bertz CT molecular complexity index is 464. The lowest BCUT2D eigenvalue weighted by molar-refractivity contribution is -0.122. The number of rotatable bonds is 2. The molecule has 0 aromatic heterocycles. The first-order valence-electron chi connectivity index (χ1n) is 5.55. The number of nitrogens with zero attached hydrogens (tertiary/aromatic N) is 1. The molecule has 1 aromatic rings. The number of carbonyl (C=O) groups excluding carboxylic acids is 2. The van der Waals surface area contributed by atoms with Gasteiger partial charge in [-0.25, -0.2) is 0 Å². The maximum Gasteiger partial charge on any atom is 0.237 e. The van der Waals surface area contributed by atoms with Crippen LogP contribution in [0.5, 0.6) is 0 Å². The lowest BCUT2D eigenvalue weighted by atomic mass is 10.1. The summed E-state index contributed by atoms with van der Waals surface area (Å²) in [4.78, 5) is 25.0. The molecular weight excluding hydrogens is 218 g/mol. The fourth-order valence-corrected chi connectivity index (χ4v) is 2.07. The van der Waals surface area contributed by atoms with E-state index < -0.39 is 0 Å². The number of amides is 2. The SMILES string of the molecule is CCC1CC(=O)N(c2cc(N)cc(N)c2)C1=O. The monoisotopic (exact) mass is 233 g/mol. The van der Waals surface area contributed by atoms with E-state index in [-0.39, 0.29) is 24.2 Å². The highest BCUT2D eigenvalue weighted by Gasteiger charge is 2.38. The van der Waals surface area contributed by atoms with E-state index in [1.807, 2.05) is 6.92 Å². The summed E-state index contributed by atoms with van der Waals surface area (Å²) in [6.07, 6.45) is 0.933. The van der Waals surface area contributed by atoms with Crippen LogP contribution >= 0.6 is 0 Å². The van der Waals surface area contributed by atoms with Crippen molar-refractivity contribution in [3.8, 4) is 0 Å². The Morgan fingerprint density at radius 1 is 1.24 bits per heavy atom. The minimum atomic E-state index is -0.217.